The number of carbonyl (C=O) groups excluding carboxylic acids is 1. The van der Waals surface area contributed by atoms with Gasteiger partial charge in [0.1, 0.15) is 5.75 Å². The van der Waals surface area contributed by atoms with Gasteiger partial charge in [0.05, 0.1) is 23.9 Å². The number of benzene rings is 2. The van der Waals surface area contributed by atoms with Gasteiger partial charge in [-0.05, 0) is 54.8 Å². The highest BCUT2D eigenvalue weighted by Crippen LogP contribution is 2.25. The number of nitriles is 1. The van der Waals surface area contributed by atoms with Crippen molar-refractivity contribution in [2.24, 2.45) is 5.92 Å². The first-order chi connectivity index (χ1) is 17.8. The Labute approximate surface area is 213 Å². The molecule has 0 radical (unpaired) electrons. The largest absolute Gasteiger partial charge is 0.573 e. The third-order valence-electron chi connectivity index (χ3n) is 6.33. The lowest BCUT2D eigenvalue weighted by atomic mass is 9.96. The number of piperidine rings is 1. The molecule has 1 N–H and O–H groups in total. The van der Waals surface area contributed by atoms with E-state index in [0.717, 1.165) is 30.6 Å². The number of alkyl halides is 3. The lowest BCUT2D eigenvalue weighted by Gasteiger charge is -2.32. The molecular weight excluding hydrogens is 483 g/mol. The van der Waals surface area contributed by atoms with Crippen LogP contribution in [-0.2, 0) is 24.3 Å². The zero-order valence-electron chi connectivity index (χ0n) is 20.2. The van der Waals surface area contributed by atoms with E-state index >= 15 is 0 Å². The highest BCUT2D eigenvalue weighted by atomic mass is 19.4. The Bertz CT molecular complexity index is 1230. The van der Waals surface area contributed by atoms with Crippen molar-refractivity contribution in [3.05, 3.63) is 83.4 Å². The number of nitrogens with zero attached hydrogens (tertiary/aromatic N) is 4. The molecule has 0 bridgehead atoms. The Kier molecular flexibility index (Phi) is 8.46. The van der Waals surface area contributed by atoms with Crippen LogP contribution in [0.25, 0.3) is 0 Å². The van der Waals surface area contributed by atoms with Gasteiger partial charge in [-0.1, -0.05) is 24.3 Å². The highest BCUT2D eigenvalue weighted by Gasteiger charge is 2.31. The number of halogens is 3. The van der Waals surface area contributed by atoms with Crippen LogP contribution in [0.2, 0.25) is 0 Å². The van der Waals surface area contributed by atoms with E-state index in [4.69, 9.17) is 5.26 Å². The Balaban J connectivity index is 1.25. The molecule has 0 saturated carbocycles. The van der Waals surface area contributed by atoms with Gasteiger partial charge in [-0.2, -0.15) is 5.26 Å². The molecular formula is C27H28F3N5O2. The first kappa shape index (κ1) is 26.2. The van der Waals surface area contributed by atoms with Crippen molar-refractivity contribution < 1.29 is 22.7 Å². The molecule has 10 heteroatoms. The Morgan fingerprint density at radius 2 is 1.97 bits per heavy atom. The molecule has 0 spiro atoms. The second-order valence-corrected chi connectivity index (χ2v) is 9.13. The van der Waals surface area contributed by atoms with E-state index in [0.29, 0.717) is 43.7 Å². The van der Waals surface area contributed by atoms with E-state index in [1.54, 1.807) is 30.7 Å². The van der Waals surface area contributed by atoms with E-state index in [2.05, 4.69) is 26.0 Å². The smallest absolute Gasteiger partial charge is 0.406 e. The van der Waals surface area contributed by atoms with Gasteiger partial charge in [-0.3, -0.25) is 9.69 Å². The lowest BCUT2D eigenvalue weighted by Crippen LogP contribution is -2.43. The minimum atomic E-state index is -4.73. The molecule has 3 aromatic rings. The zero-order valence-corrected chi connectivity index (χ0v) is 20.2. The maximum absolute atomic E-state index is 12.8. The van der Waals surface area contributed by atoms with Crippen LogP contribution in [-0.4, -0.2) is 46.4 Å². The van der Waals surface area contributed by atoms with E-state index in [-0.39, 0.29) is 17.6 Å². The van der Waals surface area contributed by atoms with Gasteiger partial charge >= 0.3 is 6.36 Å². The van der Waals surface area contributed by atoms with Crippen molar-refractivity contribution in [1.29, 1.82) is 5.26 Å². The topological polar surface area (TPSA) is 83.2 Å². The number of ether oxygens (including phenoxy) is 1. The summed E-state index contributed by atoms with van der Waals surface area (Å²) in [6, 6.07) is 15.5. The molecule has 1 fully saturated rings. The summed E-state index contributed by atoms with van der Waals surface area (Å²) >= 11 is 0. The summed E-state index contributed by atoms with van der Waals surface area (Å²) in [7, 11) is 0. The zero-order chi connectivity index (χ0) is 26.3. The molecule has 1 aliphatic rings. The number of amides is 1. The normalized spacial score (nSPS) is 16.2. The average Bonchev–Trinajstić information content (AvgIpc) is 3.30. The first-order valence-electron chi connectivity index (χ1n) is 12.1. The maximum atomic E-state index is 12.8. The second-order valence-electron chi connectivity index (χ2n) is 9.13. The summed E-state index contributed by atoms with van der Waals surface area (Å²) in [5, 5.41) is 12.0. The van der Waals surface area contributed by atoms with Gasteiger partial charge in [0.2, 0.25) is 5.91 Å². The summed E-state index contributed by atoms with van der Waals surface area (Å²) in [5.41, 5.74) is 3.37. The Hall–Kier alpha value is -3.84. The number of nitrogens with one attached hydrogen (secondary N) is 1. The summed E-state index contributed by atoms with van der Waals surface area (Å²) in [6.45, 7) is 2.88. The van der Waals surface area contributed by atoms with E-state index in [9.17, 15) is 18.0 Å². The van der Waals surface area contributed by atoms with Crippen LogP contribution in [0, 0.1) is 17.2 Å². The third-order valence-corrected chi connectivity index (χ3v) is 6.33. The molecule has 194 valence electrons. The SMILES string of the molecule is N#Cc1ccc(Cn2cncc2CCNC(=O)[C@H]2CCCN(Cc3cccc(OC(F)(F)F)c3)C2)cc1. The Morgan fingerprint density at radius 3 is 2.73 bits per heavy atom. The molecule has 1 saturated heterocycles. The number of hydrogen-bond donors (Lipinski definition) is 1. The molecule has 0 aliphatic carbocycles. The van der Waals surface area contributed by atoms with Crippen LogP contribution in [0.15, 0.2) is 61.1 Å². The van der Waals surface area contributed by atoms with Crippen LogP contribution >= 0.6 is 0 Å². The fourth-order valence-corrected chi connectivity index (χ4v) is 4.55. The molecule has 4 rings (SSSR count). The van der Waals surface area contributed by atoms with Crippen LogP contribution in [0.5, 0.6) is 5.75 Å². The van der Waals surface area contributed by atoms with Gasteiger partial charge in [0.25, 0.3) is 0 Å². The molecule has 1 amide bonds. The van der Waals surface area contributed by atoms with Crippen molar-refractivity contribution in [3.8, 4) is 11.8 Å². The van der Waals surface area contributed by atoms with E-state index in [1.165, 1.54) is 18.2 Å². The van der Waals surface area contributed by atoms with E-state index < -0.39 is 6.36 Å². The standard InChI is InChI=1S/C27H28F3N5O2/c28-27(29,30)37-25-5-1-3-22(13-25)16-34-12-2-4-23(18-34)26(36)33-11-10-24-15-32-19-35(24)17-21-8-6-20(14-31)7-9-21/h1,3,5-9,13,15,19,23H,2,4,10-12,16-18H2,(H,33,36)/t23-/m0/s1. The van der Waals surface area contributed by atoms with Crippen molar-refractivity contribution in [2.45, 2.75) is 38.7 Å². The number of carbonyl (C=O) groups is 1. The molecule has 37 heavy (non-hydrogen) atoms. The minimum Gasteiger partial charge on any atom is -0.406 e. The van der Waals surface area contributed by atoms with E-state index in [1.807, 2.05) is 16.7 Å². The summed E-state index contributed by atoms with van der Waals surface area (Å²) in [6.07, 6.45) is 1.06. The van der Waals surface area contributed by atoms with Crippen molar-refractivity contribution in [1.82, 2.24) is 19.8 Å². The second kappa shape index (κ2) is 11.9. The molecule has 7 nitrogen and oxygen atoms in total. The number of rotatable bonds is 9. The molecule has 0 unspecified atom stereocenters. The molecule has 2 aromatic carbocycles. The average molecular weight is 512 g/mol. The number of hydrogen-bond acceptors (Lipinski definition) is 5. The van der Waals surface area contributed by atoms with Crippen LogP contribution in [0.3, 0.4) is 0 Å². The van der Waals surface area contributed by atoms with Gasteiger partial charge in [0.15, 0.2) is 0 Å². The minimum absolute atomic E-state index is 0.0167. The van der Waals surface area contributed by atoms with Gasteiger partial charge in [-0.25, -0.2) is 4.98 Å². The molecule has 1 atom stereocenters. The first-order valence-corrected chi connectivity index (χ1v) is 12.1. The van der Waals surface area contributed by atoms with Crippen LogP contribution in [0.4, 0.5) is 13.2 Å². The molecule has 1 aliphatic heterocycles. The highest BCUT2D eigenvalue weighted by molar-refractivity contribution is 5.79. The number of imidazole rings is 1. The van der Waals surface area contributed by atoms with Crippen LogP contribution in [0.1, 0.15) is 35.2 Å². The summed E-state index contributed by atoms with van der Waals surface area (Å²) in [5.74, 6) is -0.432. The predicted molar refractivity (Wildman–Crippen MR) is 130 cm³/mol. The fraction of sp³-hybridized carbons (Fsp3) is 0.370. The van der Waals surface area contributed by atoms with Crippen LogP contribution < -0.4 is 10.1 Å². The van der Waals surface area contributed by atoms with Crippen molar-refractivity contribution >= 4 is 5.91 Å². The van der Waals surface area contributed by atoms with Gasteiger partial charge in [0, 0.05) is 44.5 Å². The van der Waals surface area contributed by atoms with Gasteiger partial charge in [-0.15, -0.1) is 13.2 Å². The molecule has 2 heterocycles. The predicted octanol–water partition coefficient (Wildman–Crippen LogP) is 4.27. The number of likely N-dealkylation sites (tertiary alicyclic amines) is 1. The maximum Gasteiger partial charge on any atom is 0.573 e. The molecule has 1 aromatic heterocycles. The number of aromatic nitrogens is 2. The summed E-state index contributed by atoms with van der Waals surface area (Å²) in [4.78, 5) is 19.2. The monoisotopic (exact) mass is 511 g/mol. The fourth-order valence-electron chi connectivity index (χ4n) is 4.55. The van der Waals surface area contributed by atoms with Crippen molar-refractivity contribution in [3.63, 3.8) is 0 Å². The third kappa shape index (κ3) is 7.82. The Morgan fingerprint density at radius 1 is 1.16 bits per heavy atom. The van der Waals surface area contributed by atoms with Crippen molar-refractivity contribution in [2.75, 3.05) is 19.6 Å². The quantitative estimate of drug-likeness (QED) is 0.464. The lowest BCUT2D eigenvalue weighted by molar-refractivity contribution is -0.274. The summed E-state index contributed by atoms with van der Waals surface area (Å²) < 4.78 is 43.6. The van der Waals surface area contributed by atoms with Gasteiger partial charge < -0.3 is 14.6 Å².